The Hall–Kier alpha value is -3.81. The Labute approximate surface area is 197 Å². The number of rotatable bonds is 5. The third-order valence-electron chi connectivity index (χ3n) is 6.34. The van der Waals surface area contributed by atoms with Crippen LogP contribution in [0.5, 0.6) is 0 Å². The molecule has 0 radical (unpaired) electrons. The number of nitrogens with one attached hydrogen (secondary N) is 2. The van der Waals surface area contributed by atoms with Gasteiger partial charge in [-0.1, -0.05) is 57.2 Å². The summed E-state index contributed by atoms with van der Waals surface area (Å²) in [6.07, 6.45) is 0.456. The number of carbonyl (C=O) groups excluding carboxylic acids is 5. The molecule has 176 valence electrons. The van der Waals surface area contributed by atoms with Crippen LogP contribution in [0, 0.1) is 0 Å². The van der Waals surface area contributed by atoms with Crippen molar-refractivity contribution in [3.8, 4) is 0 Å². The number of ketones is 1. The second kappa shape index (κ2) is 8.85. The highest BCUT2D eigenvalue weighted by Crippen LogP contribution is 2.30. The molecule has 2 aliphatic rings. The van der Waals surface area contributed by atoms with E-state index in [1.54, 1.807) is 30.3 Å². The van der Waals surface area contributed by atoms with Gasteiger partial charge in [-0.3, -0.25) is 29.3 Å². The number of amides is 4. The first-order valence-electron chi connectivity index (χ1n) is 11.2. The summed E-state index contributed by atoms with van der Waals surface area (Å²) in [7, 11) is 0. The molecule has 0 spiro atoms. The summed E-state index contributed by atoms with van der Waals surface area (Å²) < 4.78 is 0. The van der Waals surface area contributed by atoms with Crippen LogP contribution in [-0.2, 0) is 32.9 Å². The van der Waals surface area contributed by atoms with E-state index in [4.69, 9.17) is 0 Å². The lowest BCUT2D eigenvalue weighted by molar-refractivity contribution is -0.136. The number of fused-ring (bicyclic) bond motifs is 1. The van der Waals surface area contributed by atoms with Gasteiger partial charge in [0.2, 0.25) is 17.6 Å². The summed E-state index contributed by atoms with van der Waals surface area (Å²) in [6.45, 7) is 6.49. The van der Waals surface area contributed by atoms with Crippen LogP contribution >= 0.6 is 0 Å². The van der Waals surface area contributed by atoms with Gasteiger partial charge in [0, 0.05) is 30.6 Å². The molecule has 8 nitrogen and oxygen atoms in total. The van der Waals surface area contributed by atoms with E-state index < -0.39 is 23.6 Å². The molecule has 1 unspecified atom stereocenters. The second-order valence-electron chi connectivity index (χ2n) is 9.68. The van der Waals surface area contributed by atoms with E-state index in [2.05, 4.69) is 31.4 Å². The van der Waals surface area contributed by atoms with Crippen molar-refractivity contribution >= 4 is 29.4 Å². The predicted octanol–water partition coefficient (Wildman–Crippen LogP) is 2.24. The minimum absolute atomic E-state index is 0.0589. The standard InChI is InChI=1S/C26H27N3O5/c1-26(2,3)17-9-7-15(8-10-17)22(31)24(33)27-13-16-5-4-6-18-19(16)14-29(25(18)34)20-11-12-21(30)28-23(20)32/h4-10,20H,11-14H2,1-3H3,(H,27,33)(H,28,30,32). The third-order valence-corrected chi connectivity index (χ3v) is 6.34. The maximum Gasteiger partial charge on any atom is 0.292 e. The molecule has 2 aromatic rings. The molecule has 1 saturated heterocycles. The molecule has 4 amide bonds. The summed E-state index contributed by atoms with van der Waals surface area (Å²) in [5, 5.41) is 4.93. The van der Waals surface area contributed by atoms with E-state index >= 15 is 0 Å². The molecule has 4 rings (SSSR count). The van der Waals surface area contributed by atoms with Crippen LogP contribution in [-0.4, -0.2) is 40.4 Å². The van der Waals surface area contributed by atoms with Gasteiger partial charge in [-0.25, -0.2) is 0 Å². The molecule has 0 bridgehead atoms. The lowest BCUT2D eigenvalue weighted by Crippen LogP contribution is -2.52. The van der Waals surface area contributed by atoms with Crippen LogP contribution < -0.4 is 10.6 Å². The Kier molecular flexibility index (Phi) is 6.08. The fraction of sp³-hybridized carbons (Fsp3) is 0.346. The lowest BCUT2D eigenvalue weighted by Gasteiger charge is -2.29. The van der Waals surface area contributed by atoms with Crippen LogP contribution in [0.4, 0.5) is 0 Å². The lowest BCUT2D eigenvalue weighted by atomic mass is 9.86. The van der Waals surface area contributed by atoms with Gasteiger partial charge < -0.3 is 10.2 Å². The third kappa shape index (κ3) is 4.48. The largest absolute Gasteiger partial charge is 0.345 e. The number of piperidine rings is 1. The summed E-state index contributed by atoms with van der Waals surface area (Å²) in [5.74, 6) is -2.46. The SMILES string of the molecule is CC(C)(C)c1ccc(C(=O)C(=O)NCc2cccc3c2CN(C2CCC(=O)NC2=O)C3=O)cc1. The molecule has 0 aromatic heterocycles. The molecule has 2 aromatic carbocycles. The normalized spacial score (nSPS) is 17.9. The first kappa shape index (κ1) is 23.4. The van der Waals surface area contributed by atoms with E-state index in [1.165, 1.54) is 4.90 Å². The fourth-order valence-electron chi connectivity index (χ4n) is 4.32. The van der Waals surface area contributed by atoms with Gasteiger partial charge in [0.15, 0.2) is 0 Å². The van der Waals surface area contributed by atoms with Crippen molar-refractivity contribution in [2.45, 2.75) is 58.2 Å². The Morgan fingerprint density at radius 1 is 1.06 bits per heavy atom. The maximum atomic E-state index is 12.9. The van der Waals surface area contributed by atoms with Crippen LogP contribution in [0.15, 0.2) is 42.5 Å². The zero-order valence-corrected chi connectivity index (χ0v) is 19.4. The van der Waals surface area contributed by atoms with Gasteiger partial charge in [-0.05, 0) is 34.6 Å². The summed E-state index contributed by atoms with van der Waals surface area (Å²) in [6, 6.07) is 11.5. The minimum Gasteiger partial charge on any atom is -0.345 e. The topological polar surface area (TPSA) is 113 Å². The van der Waals surface area contributed by atoms with Crippen LogP contribution in [0.2, 0.25) is 0 Å². The first-order chi connectivity index (χ1) is 16.1. The van der Waals surface area contributed by atoms with Crippen molar-refractivity contribution < 1.29 is 24.0 Å². The molecule has 2 aliphatic heterocycles. The number of benzene rings is 2. The number of Topliss-reactive ketones (excluding diaryl/α,β-unsaturated/α-hetero) is 1. The summed E-state index contributed by atoms with van der Waals surface area (Å²) >= 11 is 0. The van der Waals surface area contributed by atoms with E-state index in [9.17, 15) is 24.0 Å². The van der Waals surface area contributed by atoms with Crippen molar-refractivity contribution in [1.29, 1.82) is 0 Å². The van der Waals surface area contributed by atoms with Gasteiger partial charge in [0.05, 0.1) is 0 Å². The number of imide groups is 1. The van der Waals surface area contributed by atoms with E-state index in [0.29, 0.717) is 22.3 Å². The fourth-order valence-corrected chi connectivity index (χ4v) is 4.32. The van der Waals surface area contributed by atoms with Gasteiger partial charge in [0.25, 0.3) is 11.8 Å². The number of nitrogens with zero attached hydrogens (tertiary/aromatic N) is 1. The molecule has 2 heterocycles. The monoisotopic (exact) mass is 461 g/mol. The van der Waals surface area contributed by atoms with Gasteiger partial charge >= 0.3 is 0 Å². The Bertz CT molecular complexity index is 1190. The molecule has 8 heteroatoms. The quantitative estimate of drug-likeness (QED) is 0.403. The van der Waals surface area contributed by atoms with Gasteiger partial charge in [0.1, 0.15) is 6.04 Å². The predicted molar refractivity (Wildman–Crippen MR) is 124 cm³/mol. The van der Waals surface area contributed by atoms with Gasteiger partial charge in [-0.15, -0.1) is 0 Å². The average molecular weight is 462 g/mol. The van der Waals surface area contributed by atoms with Crippen molar-refractivity contribution in [2.24, 2.45) is 0 Å². The smallest absolute Gasteiger partial charge is 0.292 e. The van der Waals surface area contributed by atoms with Crippen LogP contribution in [0.1, 0.15) is 71.0 Å². The Morgan fingerprint density at radius 2 is 1.76 bits per heavy atom. The first-order valence-corrected chi connectivity index (χ1v) is 11.2. The van der Waals surface area contributed by atoms with Crippen LogP contribution in [0.3, 0.4) is 0 Å². The zero-order valence-electron chi connectivity index (χ0n) is 19.4. The summed E-state index contributed by atoms with van der Waals surface area (Å²) in [4.78, 5) is 63.2. The highest BCUT2D eigenvalue weighted by atomic mass is 16.2. The maximum absolute atomic E-state index is 12.9. The van der Waals surface area contributed by atoms with Crippen LogP contribution in [0.25, 0.3) is 0 Å². The Balaban J connectivity index is 1.44. The number of hydrogen-bond acceptors (Lipinski definition) is 5. The second-order valence-corrected chi connectivity index (χ2v) is 9.68. The van der Waals surface area contributed by atoms with Crippen molar-refractivity contribution in [1.82, 2.24) is 15.5 Å². The zero-order chi connectivity index (χ0) is 24.6. The molecule has 1 atom stereocenters. The Morgan fingerprint density at radius 3 is 2.41 bits per heavy atom. The van der Waals surface area contributed by atoms with Crippen molar-refractivity contribution in [3.05, 3.63) is 70.3 Å². The highest BCUT2D eigenvalue weighted by Gasteiger charge is 2.39. The van der Waals surface area contributed by atoms with E-state index in [1.807, 2.05) is 12.1 Å². The van der Waals surface area contributed by atoms with E-state index in [-0.39, 0.29) is 43.2 Å². The molecule has 2 N–H and O–H groups in total. The number of carbonyl (C=O) groups is 5. The van der Waals surface area contributed by atoms with Gasteiger partial charge in [-0.2, -0.15) is 0 Å². The van der Waals surface area contributed by atoms with Crippen molar-refractivity contribution in [3.63, 3.8) is 0 Å². The molecule has 1 fully saturated rings. The van der Waals surface area contributed by atoms with Crippen molar-refractivity contribution in [2.75, 3.05) is 0 Å². The summed E-state index contributed by atoms with van der Waals surface area (Å²) in [5.41, 5.74) is 3.18. The van der Waals surface area contributed by atoms with E-state index in [0.717, 1.165) is 5.56 Å². The number of hydrogen-bond donors (Lipinski definition) is 2. The molecular weight excluding hydrogens is 434 g/mol. The minimum atomic E-state index is -0.729. The average Bonchev–Trinajstić information content (AvgIpc) is 3.13. The molecular formula is C26H27N3O5. The molecule has 0 saturated carbocycles. The molecule has 0 aliphatic carbocycles. The highest BCUT2D eigenvalue weighted by molar-refractivity contribution is 6.42. The molecule has 34 heavy (non-hydrogen) atoms.